The van der Waals surface area contributed by atoms with E-state index >= 15 is 0 Å². The molecule has 0 aliphatic heterocycles. The lowest BCUT2D eigenvalue weighted by Crippen LogP contribution is -2.45. The molecule has 0 aromatic carbocycles. The molecule has 0 aliphatic rings. The third-order valence-corrected chi connectivity index (χ3v) is 4.98. The third kappa shape index (κ3) is 7.20. The summed E-state index contributed by atoms with van der Waals surface area (Å²) in [6, 6.07) is 4.22. The minimum Gasteiger partial charge on any atom is -0.377 e. The monoisotopic (exact) mass is 492 g/mol. The van der Waals surface area contributed by atoms with Gasteiger partial charge in [0, 0.05) is 32.1 Å². The Hall–Kier alpha value is -1.20. The van der Waals surface area contributed by atoms with Gasteiger partial charge in [0.05, 0.1) is 5.60 Å². The molecular formula is C17H29IN6OS. The van der Waals surface area contributed by atoms with Gasteiger partial charge in [-0.2, -0.15) is 0 Å². The van der Waals surface area contributed by atoms with Crippen LogP contribution in [0.5, 0.6) is 0 Å². The van der Waals surface area contributed by atoms with Gasteiger partial charge in [-0.3, -0.25) is 0 Å². The van der Waals surface area contributed by atoms with Gasteiger partial charge in [-0.15, -0.1) is 45.5 Å². The molecule has 0 unspecified atom stereocenters. The highest BCUT2D eigenvalue weighted by Gasteiger charge is 2.16. The second kappa shape index (κ2) is 10.8. The van der Waals surface area contributed by atoms with Crippen LogP contribution in [0.15, 0.2) is 22.5 Å². The van der Waals surface area contributed by atoms with E-state index in [0.29, 0.717) is 13.1 Å². The van der Waals surface area contributed by atoms with Crippen LogP contribution in [-0.4, -0.2) is 46.5 Å². The topological polar surface area (TPSA) is 76.4 Å². The van der Waals surface area contributed by atoms with Crippen molar-refractivity contribution in [3.05, 3.63) is 34.0 Å². The van der Waals surface area contributed by atoms with Crippen LogP contribution >= 0.6 is 35.3 Å². The summed E-state index contributed by atoms with van der Waals surface area (Å²) in [6.07, 6.45) is 0.967. The van der Waals surface area contributed by atoms with E-state index in [1.807, 2.05) is 32.4 Å². The molecule has 0 saturated carbocycles. The van der Waals surface area contributed by atoms with Crippen molar-refractivity contribution in [3.63, 3.8) is 0 Å². The van der Waals surface area contributed by atoms with Crippen molar-refractivity contribution < 1.29 is 4.74 Å². The number of hydrogen-bond acceptors (Lipinski definition) is 5. The SMILES string of the molecule is COC(C)(C)CNC(=NCc1nnc(C)n1C)NCCc1cccs1.I. The molecule has 0 saturated heterocycles. The molecule has 26 heavy (non-hydrogen) atoms. The molecule has 9 heteroatoms. The van der Waals surface area contributed by atoms with Crippen molar-refractivity contribution in [2.24, 2.45) is 12.0 Å². The number of thiophene rings is 1. The molecule has 2 aromatic rings. The minimum absolute atomic E-state index is 0. The summed E-state index contributed by atoms with van der Waals surface area (Å²) in [5.41, 5.74) is -0.266. The number of guanidine groups is 1. The van der Waals surface area contributed by atoms with Gasteiger partial charge >= 0.3 is 0 Å². The normalized spacial score (nSPS) is 12.0. The second-order valence-electron chi connectivity index (χ2n) is 6.46. The zero-order valence-electron chi connectivity index (χ0n) is 16.1. The molecule has 146 valence electrons. The van der Waals surface area contributed by atoms with Gasteiger partial charge in [-0.25, -0.2) is 4.99 Å². The Morgan fingerprint density at radius 2 is 2.12 bits per heavy atom. The number of aromatic nitrogens is 3. The van der Waals surface area contributed by atoms with Crippen molar-refractivity contribution in [1.29, 1.82) is 0 Å². The number of aliphatic imine (C=N–C) groups is 1. The molecular weight excluding hydrogens is 463 g/mol. The zero-order chi connectivity index (χ0) is 18.3. The average molecular weight is 492 g/mol. The summed E-state index contributed by atoms with van der Waals surface area (Å²) in [5.74, 6) is 2.47. The van der Waals surface area contributed by atoms with Gasteiger partial charge in [0.15, 0.2) is 11.8 Å². The number of aryl methyl sites for hydroxylation is 1. The maximum absolute atomic E-state index is 5.47. The predicted molar refractivity (Wildman–Crippen MR) is 117 cm³/mol. The maximum Gasteiger partial charge on any atom is 0.191 e. The molecule has 2 aromatic heterocycles. The fourth-order valence-corrected chi connectivity index (χ4v) is 2.75. The Labute approximate surface area is 176 Å². The molecule has 2 rings (SSSR count). The fourth-order valence-electron chi connectivity index (χ4n) is 2.04. The molecule has 0 fully saturated rings. The molecule has 2 N–H and O–H groups in total. The number of nitrogens with zero attached hydrogens (tertiary/aromatic N) is 4. The van der Waals surface area contributed by atoms with Gasteiger partial charge in [0.25, 0.3) is 0 Å². The number of nitrogens with one attached hydrogen (secondary N) is 2. The van der Waals surface area contributed by atoms with E-state index in [2.05, 4.69) is 43.3 Å². The van der Waals surface area contributed by atoms with Crippen molar-refractivity contribution in [1.82, 2.24) is 25.4 Å². The lowest BCUT2D eigenvalue weighted by Gasteiger charge is -2.24. The summed E-state index contributed by atoms with van der Waals surface area (Å²) in [4.78, 5) is 6.00. The summed E-state index contributed by atoms with van der Waals surface area (Å²) in [5, 5.41) is 17.1. The van der Waals surface area contributed by atoms with Crippen molar-refractivity contribution in [2.45, 2.75) is 39.3 Å². The number of hydrogen-bond donors (Lipinski definition) is 2. The fraction of sp³-hybridized carbons (Fsp3) is 0.588. The number of ether oxygens (including phenoxy) is 1. The second-order valence-corrected chi connectivity index (χ2v) is 7.49. The first-order valence-electron chi connectivity index (χ1n) is 8.36. The largest absolute Gasteiger partial charge is 0.377 e. The van der Waals surface area contributed by atoms with Crippen LogP contribution in [0.25, 0.3) is 0 Å². The molecule has 2 heterocycles. The first kappa shape index (κ1) is 22.8. The average Bonchev–Trinajstić information content (AvgIpc) is 3.21. The Morgan fingerprint density at radius 3 is 2.69 bits per heavy atom. The molecule has 0 radical (unpaired) electrons. The van der Waals surface area contributed by atoms with Crippen molar-refractivity contribution in [3.8, 4) is 0 Å². The molecule has 0 atom stereocenters. The van der Waals surface area contributed by atoms with Crippen LogP contribution in [0.4, 0.5) is 0 Å². The van der Waals surface area contributed by atoms with Crippen LogP contribution < -0.4 is 10.6 Å². The number of methoxy groups -OCH3 is 1. The summed E-state index contributed by atoms with van der Waals surface area (Å²) >= 11 is 1.77. The Kier molecular flexibility index (Phi) is 9.51. The zero-order valence-corrected chi connectivity index (χ0v) is 19.2. The van der Waals surface area contributed by atoms with Crippen LogP contribution in [0.2, 0.25) is 0 Å². The molecule has 0 spiro atoms. The highest BCUT2D eigenvalue weighted by atomic mass is 127. The molecule has 0 aliphatic carbocycles. The van der Waals surface area contributed by atoms with E-state index in [-0.39, 0.29) is 29.6 Å². The summed E-state index contributed by atoms with van der Waals surface area (Å²) in [6.45, 7) is 7.95. The van der Waals surface area contributed by atoms with E-state index in [1.54, 1.807) is 18.4 Å². The number of halogens is 1. The predicted octanol–water partition coefficient (Wildman–Crippen LogP) is 2.51. The van der Waals surface area contributed by atoms with Crippen LogP contribution in [0, 0.1) is 6.92 Å². The first-order valence-corrected chi connectivity index (χ1v) is 9.24. The lowest BCUT2D eigenvalue weighted by molar-refractivity contribution is 0.0268. The Bertz CT molecular complexity index is 683. The van der Waals surface area contributed by atoms with Gasteiger partial charge in [0.1, 0.15) is 12.4 Å². The van der Waals surface area contributed by atoms with Crippen molar-refractivity contribution in [2.75, 3.05) is 20.2 Å². The summed E-state index contributed by atoms with van der Waals surface area (Å²) in [7, 11) is 3.66. The van der Waals surface area contributed by atoms with Crippen LogP contribution in [-0.2, 0) is 24.8 Å². The first-order chi connectivity index (χ1) is 11.9. The van der Waals surface area contributed by atoms with Gasteiger partial charge < -0.3 is 19.9 Å². The van der Waals surface area contributed by atoms with E-state index in [1.165, 1.54) is 4.88 Å². The standard InChI is InChI=1S/C17H28N6OS.HI/c1-13-21-22-15(23(13)4)11-19-16(20-12-17(2,3)24-5)18-9-8-14-7-6-10-25-14;/h6-7,10H,8-9,11-12H2,1-5H3,(H2,18,19,20);1H. The molecule has 7 nitrogen and oxygen atoms in total. The molecule has 0 bridgehead atoms. The van der Waals surface area contributed by atoms with E-state index in [9.17, 15) is 0 Å². The van der Waals surface area contributed by atoms with E-state index < -0.39 is 0 Å². The Morgan fingerprint density at radius 1 is 1.35 bits per heavy atom. The maximum atomic E-state index is 5.47. The van der Waals surface area contributed by atoms with Gasteiger partial charge in [-0.05, 0) is 38.6 Å². The highest BCUT2D eigenvalue weighted by molar-refractivity contribution is 14.0. The molecule has 0 amide bonds. The quantitative estimate of drug-likeness (QED) is 0.337. The smallest absolute Gasteiger partial charge is 0.191 e. The van der Waals surface area contributed by atoms with Crippen LogP contribution in [0.1, 0.15) is 30.4 Å². The van der Waals surface area contributed by atoms with E-state index in [4.69, 9.17) is 4.74 Å². The summed E-state index contributed by atoms with van der Waals surface area (Å²) < 4.78 is 7.42. The Balaban J connectivity index is 0.00000338. The van der Waals surface area contributed by atoms with Crippen molar-refractivity contribution >= 4 is 41.3 Å². The lowest BCUT2D eigenvalue weighted by atomic mass is 10.1. The van der Waals surface area contributed by atoms with Crippen LogP contribution in [0.3, 0.4) is 0 Å². The van der Waals surface area contributed by atoms with E-state index in [0.717, 1.165) is 30.6 Å². The third-order valence-electron chi connectivity index (χ3n) is 4.04. The van der Waals surface area contributed by atoms with Gasteiger partial charge in [0.2, 0.25) is 0 Å². The van der Waals surface area contributed by atoms with Gasteiger partial charge in [-0.1, -0.05) is 6.07 Å². The highest BCUT2D eigenvalue weighted by Crippen LogP contribution is 2.08. The number of rotatable bonds is 8. The minimum atomic E-state index is -0.266.